The summed E-state index contributed by atoms with van der Waals surface area (Å²) in [5.74, 6) is 0.506. The Hall–Kier alpha value is -2.82. The first-order valence-electron chi connectivity index (χ1n) is 7.68. The Bertz CT molecular complexity index is 818. The van der Waals surface area contributed by atoms with Gasteiger partial charge in [0.15, 0.2) is 11.8 Å². The average molecular weight is 306 g/mol. The fourth-order valence-electron chi connectivity index (χ4n) is 3.65. The third-order valence-electron chi connectivity index (χ3n) is 4.67. The lowest BCUT2D eigenvalue weighted by Gasteiger charge is -2.36. The lowest BCUT2D eigenvalue weighted by molar-refractivity contribution is -0.138. The predicted molar refractivity (Wildman–Crippen MR) is 84.4 cm³/mol. The number of rotatable bonds is 1. The molecule has 0 N–H and O–H groups in total. The van der Waals surface area contributed by atoms with Gasteiger partial charge in [-0.3, -0.25) is 4.90 Å². The quantitative estimate of drug-likeness (QED) is 0.760. The molecular formula is C18H14N2O3. The molecule has 0 saturated carbocycles. The minimum atomic E-state index is -0.485. The van der Waals surface area contributed by atoms with E-state index in [9.17, 15) is 4.79 Å². The largest absolute Gasteiger partial charge is 0.464 e. The number of hydrogen-bond donors (Lipinski definition) is 0. The molecule has 3 aliphatic rings. The molecule has 114 valence electrons. The smallest absolute Gasteiger partial charge is 0.331 e. The Labute approximate surface area is 133 Å². The molecule has 3 atom stereocenters. The molecule has 5 rings (SSSR count). The zero-order chi connectivity index (χ0) is 15.4. The number of cyclic esters (lactones) is 1. The maximum Gasteiger partial charge on any atom is 0.331 e. The molecular weight excluding hydrogens is 292 g/mol. The Balaban J connectivity index is 1.70. The van der Waals surface area contributed by atoms with Crippen LogP contribution in [0.25, 0.3) is 0 Å². The summed E-state index contributed by atoms with van der Waals surface area (Å²) in [6, 6.07) is 18.0. The molecule has 2 aromatic rings. The molecule has 1 fully saturated rings. The van der Waals surface area contributed by atoms with E-state index >= 15 is 0 Å². The van der Waals surface area contributed by atoms with Crippen LogP contribution in [0.4, 0.5) is 5.69 Å². The first-order valence-corrected chi connectivity index (χ1v) is 7.68. The van der Waals surface area contributed by atoms with E-state index in [0.717, 1.165) is 17.0 Å². The van der Waals surface area contributed by atoms with Crippen molar-refractivity contribution in [1.82, 2.24) is 0 Å². The molecule has 0 aromatic heterocycles. The van der Waals surface area contributed by atoms with Gasteiger partial charge in [0.2, 0.25) is 0 Å². The molecule has 1 saturated heterocycles. The van der Waals surface area contributed by atoms with E-state index in [1.54, 1.807) is 0 Å². The maximum atomic E-state index is 12.0. The molecule has 0 unspecified atom stereocenters. The van der Waals surface area contributed by atoms with Gasteiger partial charge in [-0.25, -0.2) is 9.79 Å². The van der Waals surface area contributed by atoms with Crippen LogP contribution in [0.3, 0.4) is 0 Å². The van der Waals surface area contributed by atoms with E-state index in [4.69, 9.17) is 9.47 Å². The van der Waals surface area contributed by atoms with Crippen LogP contribution in [-0.2, 0) is 9.53 Å². The molecule has 23 heavy (non-hydrogen) atoms. The standard InChI is InChI=1S/C18H14N2O3/c21-17-15-12(10-22-17)16(11-6-2-1-3-7-11)20-13-8-4-5-9-14(13)23-18(20)19-15/h1-9,12,15-16H,10H2/t12-,15-,16+/m1/s1. The summed E-state index contributed by atoms with van der Waals surface area (Å²) < 4.78 is 11.2. The Morgan fingerprint density at radius 3 is 2.70 bits per heavy atom. The van der Waals surface area contributed by atoms with E-state index < -0.39 is 6.04 Å². The monoisotopic (exact) mass is 306 g/mol. The van der Waals surface area contributed by atoms with Crippen molar-refractivity contribution in [3.63, 3.8) is 0 Å². The SMILES string of the molecule is O=C1OC[C@@H]2[C@H]1N=C1Oc3ccccc3N1[C@H]2c1ccccc1. The molecule has 3 heterocycles. The molecule has 2 aromatic carbocycles. The summed E-state index contributed by atoms with van der Waals surface area (Å²) in [5, 5.41) is 0. The van der Waals surface area contributed by atoms with Crippen molar-refractivity contribution in [3.8, 4) is 5.75 Å². The number of benzene rings is 2. The number of carbonyl (C=O) groups excluding carboxylic acids is 1. The Morgan fingerprint density at radius 2 is 1.83 bits per heavy atom. The van der Waals surface area contributed by atoms with Gasteiger partial charge in [-0.05, 0) is 17.7 Å². The van der Waals surface area contributed by atoms with Crippen molar-refractivity contribution in [2.75, 3.05) is 11.5 Å². The lowest BCUT2D eigenvalue weighted by Crippen LogP contribution is -2.46. The topological polar surface area (TPSA) is 51.1 Å². The van der Waals surface area contributed by atoms with Crippen LogP contribution >= 0.6 is 0 Å². The highest BCUT2D eigenvalue weighted by Crippen LogP contribution is 2.47. The van der Waals surface area contributed by atoms with E-state index in [-0.39, 0.29) is 17.9 Å². The number of amidine groups is 1. The number of esters is 1. The van der Waals surface area contributed by atoms with E-state index in [1.807, 2.05) is 42.5 Å². The predicted octanol–water partition coefficient (Wildman–Crippen LogP) is 2.54. The van der Waals surface area contributed by atoms with Crippen LogP contribution in [0, 0.1) is 5.92 Å². The molecule has 3 aliphatic heterocycles. The van der Waals surface area contributed by atoms with Gasteiger partial charge in [0.1, 0.15) is 0 Å². The zero-order valence-corrected chi connectivity index (χ0v) is 12.3. The van der Waals surface area contributed by atoms with Crippen LogP contribution in [0.1, 0.15) is 11.6 Å². The highest BCUT2D eigenvalue weighted by Gasteiger charge is 2.52. The van der Waals surface area contributed by atoms with E-state index in [2.05, 4.69) is 22.0 Å². The fourth-order valence-corrected chi connectivity index (χ4v) is 3.65. The van der Waals surface area contributed by atoms with Gasteiger partial charge in [-0.15, -0.1) is 0 Å². The minimum absolute atomic E-state index is 0.0107. The second kappa shape index (κ2) is 4.59. The molecule has 0 spiro atoms. The maximum absolute atomic E-state index is 12.0. The minimum Gasteiger partial charge on any atom is -0.464 e. The molecule has 5 nitrogen and oxygen atoms in total. The number of anilines is 1. The number of carbonyl (C=O) groups is 1. The number of hydrogen-bond acceptors (Lipinski definition) is 5. The van der Waals surface area contributed by atoms with Gasteiger partial charge >= 0.3 is 5.97 Å². The van der Waals surface area contributed by atoms with Crippen molar-refractivity contribution in [2.24, 2.45) is 10.9 Å². The highest BCUT2D eigenvalue weighted by atomic mass is 16.5. The Kier molecular flexibility index (Phi) is 2.53. The highest BCUT2D eigenvalue weighted by molar-refractivity contribution is 6.03. The molecule has 0 amide bonds. The fraction of sp³-hybridized carbons (Fsp3) is 0.222. The van der Waals surface area contributed by atoms with Crippen molar-refractivity contribution < 1.29 is 14.3 Å². The van der Waals surface area contributed by atoms with Crippen LogP contribution < -0.4 is 9.64 Å². The zero-order valence-electron chi connectivity index (χ0n) is 12.3. The molecule has 0 radical (unpaired) electrons. The third-order valence-corrected chi connectivity index (χ3v) is 4.67. The summed E-state index contributed by atoms with van der Waals surface area (Å²) in [6.45, 7) is 0.387. The second-order valence-electron chi connectivity index (χ2n) is 5.95. The van der Waals surface area contributed by atoms with Gasteiger partial charge < -0.3 is 9.47 Å². The van der Waals surface area contributed by atoms with E-state index in [1.165, 1.54) is 0 Å². The summed E-state index contributed by atoms with van der Waals surface area (Å²) in [5.41, 5.74) is 2.12. The second-order valence-corrected chi connectivity index (χ2v) is 5.95. The van der Waals surface area contributed by atoms with Gasteiger partial charge in [-0.2, -0.15) is 0 Å². The molecule has 0 bridgehead atoms. The number of ether oxygens (including phenoxy) is 2. The van der Waals surface area contributed by atoms with Crippen LogP contribution in [0.2, 0.25) is 0 Å². The first-order chi connectivity index (χ1) is 11.3. The van der Waals surface area contributed by atoms with Crippen LogP contribution in [0.15, 0.2) is 59.6 Å². The number of nitrogens with zero attached hydrogens (tertiary/aromatic N) is 2. The summed E-state index contributed by atoms with van der Waals surface area (Å²) in [6.07, 6.45) is 0. The van der Waals surface area contributed by atoms with Crippen LogP contribution in [0.5, 0.6) is 5.75 Å². The molecule has 5 heteroatoms. The Morgan fingerprint density at radius 1 is 1.04 bits per heavy atom. The van der Waals surface area contributed by atoms with Crippen molar-refractivity contribution in [1.29, 1.82) is 0 Å². The summed E-state index contributed by atoms with van der Waals surface area (Å²) >= 11 is 0. The summed E-state index contributed by atoms with van der Waals surface area (Å²) in [4.78, 5) is 18.7. The van der Waals surface area contributed by atoms with Crippen molar-refractivity contribution >= 4 is 17.7 Å². The van der Waals surface area contributed by atoms with Crippen LogP contribution in [-0.4, -0.2) is 24.6 Å². The number of para-hydroxylation sites is 2. The van der Waals surface area contributed by atoms with Crippen molar-refractivity contribution in [3.05, 3.63) is 60.2 Å². The van der Waals surface area contributed by atoms with Gasteiger partial charge in [0, 0.05) is 0 Å². The van der Waals surface area contributed by atoms with Gasteiger partial charge in [-0.1, -0.05) is 42.5 Å². The molecule has 0 aliphatic carbocycles. The normalized spacial score (nSPS) is 27.5. The summed E-state index contributed by atoms with van der Waals surface area (Å²) in [7, 11) is 0. The lowest BCUT2D eigenvalue weighted by atomic mass is 9.86. The number of aliphatic imine (C=N–C) groups is 1. The van der Waals surface area contributed by atoms with Gasteiger partial charge in [0.25, 0.3) is 6.02 Å². The average Bonchev–Trinajstić information content (AvgIpc) is 3.15. The van der Waals surface area contributed by atoms with E-state index in [0.29, 0.717) is 12.6 Å². The van der Waals surface area contributed by atoms with Crippen molar-refractivity contribution in [2.45, 2.75) is 12.1 Å². The van der Waals surface area contributed by atoms with Gasteiger partial charge in [0.05, 0.1) is 24.3 Å². The first kappa shape index (κ1) is 12.7. The number of fused-ring (bicyclic) bond motifs is 4. The third kappa shape index (κ3) is 1.73.